The van der Waals surface area contributed by atoms with E-state index in [9.17, 15) is 9.59 Å². The molecule has 0 bridgehead atoms. The number of nitrogens with zero attached hydrogens (tertiary/aromatic N) is 2. The molecule has 5 nitrogen and oxygen atoms in total. The average molecular weight is 326 g/mol. The van der Waals surface area contributed by atoms with Crippen LogP contribution in [0.25, 0.3) is 0 Å². The molecule has 126 valence electrons. The monoisotopic (exact) mass is 326 g/mol. The summed E-state index contributed by atoms with van der Waals surface area (Å²) < 4.78 is 7.05. The first-order chi connectivity index (χ1) is 11.7. The molecule has 0 unspecified atom stereocenters. The van der Waals surface area contributed by atoms with E-state index in [1.165, 1.54) is 0 Å². The molecule has 0 aliphatic carbocycles. The molecule has 1 saturated heterocycles. The van der Waals surface area contributed by atoms with E-state index in [0.29, 0.717) is 17.7 Å². The number of hydrogen-bond acceptors (Lipinski definition) is 4. The highest BCUT2D eigenvalue weighted by Crippen LogP contribution is 2.11. The van der Waals surface area contributed by atoms with Crippen molar-refractivity contribution in [3.8, 4) is 0 Å². The highest BCUT2D eigenvalue weighted by atomic mass is 16.5. The lowest BCUT2D eigenvalue weighted by molar-refractivity contribution is -0.120. The first-order valence-corrected chi connectivity index (χ1v) is 8.31. The Kier molecular flexibility index (Phi) is 5.56. The number of Topliss-reactive ketones (excluding diaryl/α,β-unsaturated/α-hetero) is 1. The maximum atomic E-state index is 12.6. The van der Waals surface area contributed by atoms with Gasteiger partial charge in [-0.25, -0.2) is 0 Å². The molecule has 1 fully saturated rings. The van der Waals surface area contributed by atoms with Gasteiger partial charge in [0.2, 0.25) is 5.78 Å². The van der Waals surface area contributed by atoms with Crippen LogP contribution in [-0.2, 0) is 16.1 Å². The predicted octanol–water partition coefficient (Wildman–Crippen LogP) is 2.01. The third-order valence-electron chi connectivity index (χ3n) is 4.26. The Morgan fingerprint density at radius 1 is 1.00 bits per heavy atom. The van der Waals surface area contributed by atoms with Gasteiger partial charge in [-0.15, -0.1) is 0 Å². The van der Waals surface area contributed by atoms with Crippen molar-refractivity contribution in [3.63, 3.8) is 0 Å². The number of carbonyl (C=O) groups is 2. The molecule has 5 heteroatoms. The molecule has 0 atom stereocenters. The Morgan fingerprint density at radius 2 is 1.75 bits per heavy atom. The second-order valence-corrected chi connectivity index (χ2v) is 5.96. The molecule has 0 saturated carbocycles. The number of morpholine rings is 1. The molecule has 1 aliphatic rings. The second kappa shape index (κ2) is 8.04. The van der Waals surface area contributed by atoms with Crippen LogP contribution in [0.4, 0.5) is 0 Å². The van der Waals surface area contributed by atoms with Crippen LogP contribution in [0.15, 0.2) is 48.7 Å². The number of hydrogen-bond donors (Lipinski definition) is 0. The van der Waals surface area contributed by atoms with Crippen LogP contribution in [0.5, 0.6) is 0 Å². The second-order valence-electron chi connectivity index (χ2n) is 5.96. The number of carbonyl (C=O) groups excluding carboxylic acids is 2. The lowest BCUT2D eigenvalue weighted by Gasteiger charge is -2.26. The zero-order valence-corrected chi connectivity index (χ0v) is 13.7. The predicted molar refractivity (Wildman–Crippen MR) is 91.2 cm³/mol. The van der Waals surface area contributed by atoms with E-state index in [4.69, 9.17) is 4.74 Å². The van der Waals surface area contributed by atoms with E-state index in [-0.39, 0.29) is 18.1 Å². The van der Waals surface area contributed by atoms with Crippen molar-refractivity contribution < 1.29 is 14.3 Å². The van der Waals surface area contributed by atoms with Crippen LogP contribution >= 0.6 is 0 Å². The molecule has 2 heterocycles. The Bertz CT molecular complexity index is 688. The number of rotatable bonds is 7. The van der Waals surface area contributed by atoms with E-state index in [0.717, 1.165) is 32.8 Å². The van der Waals surface area contributed by atoms with Crippen molar-refractivity contribution in [2.75, 3.05) is 32.8 Å². The van der Waals surface area contributed by atoms with Gasteiger partial charge in [-0.2, -0.15) is 0 Å². The first-order valence-electron chi connectivity index (χ1n) is 8.31. The summed E-state index contributed by atoms with van der Waals surface area (Å²) in [6, 6.07) is 12.7. The Labute approximate surface area is 141 Å². The Hall–Kier alpha value is -2.24. The molecule has 0 radical (unpaired) electrons. The van der Waals surface area contributed by atoms with Crippen molar-refractivity contribution in [3.05, 3.63) is 59.9 Å². The van der Waals surface area contributed by atoms with Crippen molar-refractivity contribution in [1.29, 1.82) is 0 Å². The summed E-state index contributed by atoms with van der Waals surface area (Å²) in [4.78, 5) is 27.1. The number of ketones is 2. The summed E-state index contributed by atoms with van der Waals surface area (Å²) in [5.74, 6) is 0.0846. The van der Waals surface area contributed by atoms with Gasteiger partial charge in [0, 0.05) is 37.8 Å². The van der Waals surface area contributed by atoms with Gasteiger partial charge in [0.15, 0.2) is 5.78 Å². The van der Waals surface area contributed by atoms with Crippen molar-refractivity contribution >= 4 is 11.6 Å². The first kappa shape index (κ1) is 16.6. The molecule has 24 heavy (non-hydrogen) atoms. The van der Waals surface area contributed by atoms with Crippen LogP contribution in [0.2, 0.25) is 0 Å². The molecule has 1 aromatic carbocycles. The topological polar surface area (TPSA) is 51.5 Å². The van der Waals surface area contributed by atoms with Gasteiger partial charge in [-0.05, 0) is 12.1 Å². The molecule has 0 N–H and O–H groups in total. The Morgan fingerprint density at radius 3 is 2.50 bits per heavy atom. The summed E-state index contributed by atoms with van der Waals surface area (Å²) >= 11 is 0. The quantitative estimate of drug-likeness (QED) is 0.731. The maximum absolute atomic E-state index is 12.6. The normalized spacial score (nSPS) is 15.3. The van der Waals surface area contributed by atoms with Crippen LogP contribution in [-0.4, -0.2) is 53.9 Å². The summed E-state index contributed by atoms with van der Waals surface area (Å²) in [7, 11) is 0. The van der Waals surface area contributed by atoms with E-state index >= 15 is 0 Å². The van der Waals surface area contributed by atoms with Gasteiger partial charge in [-0.1, -0.05) is 30.3 Å². The van der Waals surface area contributed by atoms with Crippen LogP contribution < -0.4 is 0 Å². The summed E-state index contributed by atoms with van der Waals surface area (Å²) in [6.45, 7) is 4.24. The van der Waals surface area contributed by atoms with Crippen molar-refractivity contribution in [1.82, 2.24) is 9.47 Å². The van der Waals surface area contributed by atoms with Crippen LogP contribution in [0, 0.1) is 0 Å². The smallest absolute Gasteiger partial charge is 0.209 e. The number of benzene rings is 1. The zero-order chi connectivity index (χ0) is 16.8. The summed E-state index contributed by atoms with van der Waals surface area (Å²) in [6.07, 6.45) is 2.29. The van der Waals surface area contributed by atoms with Gasteiger partial charge in [0.1, 0.15) is 0 Å². The minimum atomic E-state index is -0.0541. The largest absolute Gasteiger partial charge is 0.379 e. The number of aromatic nitrogens is 1. The fourth-order valence-electron chi connectivity index (χ4n) is 2.87. The fourth-order valence-corrected chi connectivity index (χ4v) is 2.87. The third kappa shape index (κ3) is 4.19. The standard InChI is InChI=1S/C19H22N2O3/c22-17(8-10-20-11-13-24-14-12-20)15-21-9-4-7-18(21)19(23)16-5-2-1-3-6-16/h1-7,9H,8,10-15H2. The lowest BCUT2D eigenvalue weighted by Crippen LogP contribution is -2.37. The van der Waals surface area contributed by atoms with Crippen LogP contribution in [0.3, 0.4) is 0 Å². The summed E-state index contributed by atoms with van der Waals surface area (Å²) in [5, 5.41) is 0. The maximum Gasteiger partial charge on any atom is 0.209 e. The highest BCUT2D eigenvalue weighted by molar-refractivity contribution is 6.08. The van der Waals surface area contributed by atoms with Gasteiger partial charge < -0.3 is 9.30 Å². The molecule has 1 aromatic heterocycles. The molecular formula is C19H22N2O3. The molecular weight excluding hydrogens is 304 g/mol. The Balaban J connectivity index is 1.58. The van der Waals surface area contributed by atoms with Crippen molar-refractivity contribution in [2.24, 2.45) is 0 Å². The lowest BCUT2D eigenvalue weighted by atomic mass is 10.1. The average Bonchev–Trinajstić information content (AvgIpc) is 3.09. The third-order valence-corrected chi connectivity index (χ3v) is 4.26. The van der Waals surface area contributed by atoms with Gasteiger partial charge >= 0.3 is 0 Å². The highest BCUT2D eigenvalue weighted by Gasteiger charge is 2.16. The van der Waals surface area contributed by atoms with Gasteiger partial charge in [-0.3, -0.25) is 14.5 Å². The van der Waals surface area contributed by atoms with Gasteiger partial charge in [0.25, 0.3) is 0 Å². The minimum Gasteiger partial charge on any atom is -0.379 e. The van der Waals surface area contributed by atoms with E-state index in [1.807, 2.05) is 24.3 Å². The zero-order valence-electron chi connectivity index (χ0n) is 13.7. The fraction of sp³-hybridized carbons (Fsp3) is 0.368. The minimum absolute atomic E-state index is 0.0541. The molecule has 3 rings (SSSR count). The molecule has 0 spiro atoms. The van der Waals surface area contributed by atoms with Crippen LogP contribution in [0.1, 0.15) is 22.5 Å². The number of ether oxygens (including phenoxy) is 1. The summed E-state index contributed by atoms with van der Waals surface area (Å²) in [5.41, 5.74) is 1.19. The molecule has 0 amide bonds. The van der Waals surface area contributed by atoms with E-state index < -0.39 is 0 Å². The van der Waals surface area contributed by atoms with Gasteiger partial charge in [0.05, 0.1) is 25.5 Å². The SMILES string of the molecule is O=C(CCN1CCOCC1)Cn1cccc1C(=O)c1ccccc1. The van der Waals surface area contributed by atoms with E-state index in [1.54, 1.807) is 29.0 Å². The molecule has 2 aromatic rings. The molecule has 1 aliphatic heterocycles. The van der Waals surface area contributed by atoms with E-state index in [2.05, 4.69) is 4.90 Å². The van der Waals surface area contributed by atoms with Crippen molar-refractivity contribution in [2.45, 2.75) is 13.0 Å².